The molecule has 1 aliphatic rings. The number of imidazole rings is 1. The number of hydrogen-bond acceptors (Lipinski definition) is 2. The molecule has 2 N–H and O–H groups in total. The molecule has 1 heterocycles. The second-order valence-electron chi connectivity index (χ2n) is 4.76. The van der Waals surface area contributed by atoms with E-state index in [2.05, 4.69) is 18.4 Å². The van der Waals surface area contributed by atoms with Crippen LogP contribution in [0.2, 0.25) is 0 Å². The van der Waals surface area contributed by atoms with Gasteiger partial charge < -0.3 is 10.3 Å². The maximum atomic E-state index is 6.10. The summed E-state index contributed by atoms with van der Waals surface area (Å²) in [6.07, 6.45) is 4.93. The summed E-state index contributed by atoms with van der Waals surface area (Å²) < 4.78 is 2.08. The number of aromatic nitrogens is 2. The molecule has 84 valence electrons. The molecule has 0 radical (unpaired) electrons. The van der Waals surface area contributed by atoms with Gasteiger partial charge >= 0.3 is 0 Å². The fourth-order valence-electron chi connectivity index (χ4n) is 2.19. The van der Waals surface area contributed by atoms with Crippen LogP contribution in [0.3, 0.4) is 0 Å². The van der Waals surface area contributed by atoms with Gasteiger partial charge in [-0.25, -0.2) is 4.98 Å². The fraction of sp³-hybridized carbons (Fsp3) is 0.750. The van der Waals surface area contributed by atoms with Crippen molar-refractivity contribution in [3.63, 3.8) is 0 Å². The molecule has 0 saturated heterocycles. The minimum Gasteiger partial charge on any atom is -0.384 e. The van der Waals surface area contributed by atoms with Crippen LogP contribution in [0, 0.1) is 0 Å². The Labute approximate surface area is 91.7 Å². The Bertz CT molecular complexity index is 350. The lowest BCUT2D eigenvalue weighted by Crippen LogP contribution is -2.02. The highest BCUT2D eigenvalue weighted by Crippen LogP contribution is 2.41. The molecule has 1 aromatic heterocycles. The first-order valence-corrected chi connectivity index (χ1v) is 5.97. The minimum atomic E-state index is 0.494. The lowest BCUT2D eigenvalue weighted by atomic mass is 10.0. The third-order valence-corrected chi connectivity index (χ3v) is 3.33. The van der Waals surface area contributed by atoms with Crippen LogP contribution in [0.4, 0.5) is 5.82 Å². The Kier molecular flexibility index (Phi) is 2.72. The van der Waals surface area contributed by atoms with Crippen molar-refractivity contribution in [1.29, 1.82) is 0 Å². The van der Waals surface area contributed by atoms with Crippen LogP contribution < -0.4 is 5.73 Å². The van der Waals surface area contributed by atoms with E-state index in [1.54, 1.807) is 0 Å². The van der Waals surface area contributed by atoms with Gasteiger partial charge in [-0.1, -0.05) is 20.3 Å². The van der Waals surface area contributed by atoms with Gasteiger partial charge in [-0.15, -0.1) is 0 Å². The number of nitrogens with zero attached hydrogens (tertiary/aromatic N) is 2. The molecule has 1 aromatic rings. The summed E-state index contributed by atoms with van der Waals surface area (Å²) in [5.41, 5.74) is 7.21. The summed E-state index contributed by atoms with van der Waals surface area (Å²) >= 11 is 0. The number of anilines is 1. The lowest BCUT2D eigenvalue weighted by molar-refractivity contribution is 0.650. The molecule has 3 nitrogen and oxygen atoms in total. The van der Waals surface area contributed by atoms with Crippen LogP contribution in [0.25, 0.3) is 0 Å². The molecule has 1 atom stereocenters. The maximum absolute atomic E-state index is 6.10. The monoisotopic (exact) mass is 207 g/mol. The van der Waals surface area contributed by atoms with Crippen molar-refractivity contribution in [2.24, 2.45) is 7.05 Å². The summed E-state index contributed by atoms with van der Waals surface area (Å²) in [5, 5.41) is 0. The average Bonchev–Trinajstić information content (AvgIpc) is 2.98. The van der Waals surface area contributed by atoms with Crippen molar-refractivity contribution >= 4 is 5.82 Å². The minimum absolute atomic E-state index is 0.494. The molecule has 1 saturated carbocycles. The van der Waals surface area contributed by atoms with Crippen molar-refractivity contribution in [3.8, 4) is 0 Å². The summed E-state index contributed by atoms with van der Waals surface area (Å²) in [4.78, 5) is 4.73. The van der Waals surface area contributed by atoms with E-state index in [1.807, 2.05) is 7.05 Å². The topological polar surface area (TPSA) is 43.8 Å². The molecule has 0 bridgehead atoms. The van der Waals surface area contributed by atoms with E-state index in [-0.39, 0.29) is 0 Å². The molecule has 0 aromatic carbocycles. The van der Waals surface area contributed by atoms with Crippen molar-refractivity contribution in [1.82, 2.24) is 9.55 Å². The maximum Gasteiger partial charge on any atom is 0.126 e. The van der Waals surface area contributed by atoms with E-state index in [0.717, 1.165) is 11.5 Å². The standard InChI is InChI=1S/C12H21N3/c1-4-5-8(2)10-11(13)15(3)12(14-10)9-6-7-9/h8-9H,4-7,13H2,1-3H3. The van der Waals surface area contributed by atoms with E-state index in [9.17, 15) is 0 Å². The van der Waals surface area contributed by atoms with Crippen molar-refractivity contribution < 1.29 is 0 Å². The Balaban J connectivity index is 2.27. The van der Waals surface area contributed by atoms with Crippen molar-refractivity contribution in [3.05, 3.63) is 11.5 Å². The van der Waals surface area contributed by atoms with Crippen LogP contribution in [-0.4, -0.2) is 9.55 Å². The Morgan fingerprint density at radius 1 is 1.53 bits per heavy atom. The average molecular weight is 207 g/mol. The molecule has 3 heteroatoms. The van der Waals surface area contributed by atoms with Gasteiger partial charge in [0.1, 0.15) is 11.6 Å². The highest BCUT2D eigenvalue weighted by Gasteiger charge is 2.30. The quantitative estimate of drug-likeness (QED) is 0.825. The summed E-state index contributed by atoms with van der Waals surface area (Å²) in [6.45, 7) is 4.43. The van der Waals surface area contributed by atoms with E-state index in [1.165, 1.54) is 31.5 Å². The first-order valence-electron chi connectivity index (χ1n) is 5.97. The molecule has 1 fully saturated rings. The Morgan fingerprint density at radius 2 is 2.20 bits per heavy atom. The van der Waals surface area contributed by atoms with E-state index >= 15 is 0 Å². The number of hydrogen-bond donors (Lipinski definition) is 1. The van der Waals surface area contributed by atoms with Gasteiger partial charge in [0, 0.05) is 18.9 Å². The molecule has 0 amide bonds. The molecular formula is C12H21N3. The molecule has 15 heavy (non-hydrogen) atoms. The zero-order valence-electron chi connectivity index (χ0n) is 9.95. The second kappa shape index (κ2) is 3.87. The van der Waals surface area contributed by atoms with E-state index in [4.69, 9.17) is 10.7 Å². The van der Waals surface area contributed by atoms with Gasteiger partial charge in [0.2, 0.25) is 0 Å². The number of nitrogens with two attached hydrogens (primary N) is 1. The van der Waals surface area contributed by atoms with Crippen LogP contribution in [0.15, 0.2) is 0 Å². The molecule has 2 rings (SSSR count). The third kappa shape index (κ3) is 1.87. The SMILES string of the molecule is CCCC(C)c1nc(C2CC2)n(C)c1N. The second-order valence-corrected chi connectivity index (χ2v) is 4.76. The molecular weight excluding hydrogens is 186 g/mol. The summed E-state index contributed by atoms with van der Waals surface area (Å²) in [6, 6.07) is 0. The zero-order chi connectivity index (χ0) is 11.0. The third-order valence-electron chi connectivity index (χ3n) is 3.33. The molecule has 1 aliphatic carbocycles. The Morgan fingerprint density at radius 3 is 2.73 bits per heavy atom. The van der Waals surface area contributed by atoms with E-state index < -0.39 is 0 Å². The largest absolute Gasteiger partial charge is 0.384 e. The van der Waals surface area contributed by atoms with Crippen LogP contribution >= 0.6 is 0 Å². The number of rotatable bonds is 4. The predicted molar refractivity (Wildman–Crippen MR) is 62.9 cm³/mol. The summed E-state index contributed by atoms with van der Waals surface area (Å²) in [7, 11) is 2.04. The van der Waals surface area contributed by atoms with Gasteiger partial charge in [0.25, 0.3) is 0 Å². The zero-order valence-corrected chi connectivity index (χ0v) is 9.95. The predicted octanol–water partition coefficient (Wildman–Crippen LogP) is 2.78. The first kappa shape index (κ1) is 10.5. The van der Waals surface area contributed by atoms with Crippen molar-refractivity contribution in [2.45, 2.75) is 51.4 Å². The van der Waals surface area contributed by atoms with Crippen LogP contribution in [-0.2, 0) is 7.05 Å². The number of nitrogen functional groups attached to an aromatic ring is 1. The van der Waals surface area contributed by atoms with Gasteiger partial charge in [0.05, 0.1) is 5.69 Å². The van der Waals surface area contributed by atoms with Gasteiger partial charge in [0.15, 0.2) is 0 Å². The van der Waals surface area contributed by atoms with Gasteiger partial charge in [-0.05, 0) is 19.3 Å². The Hall–Kier alpha value is -0.990. The van der Waals surface area contributed by atoms with Crippen LogP contribution in [0.5, 0.6) is 0 Å². The highest BCUT2D eigenvalue weighted by atomic mass is 15.1. The van der Waals surface area contributed by atoms with Gasteiger partial charge in [-0.2, -0.15) is 0 Å². The normalized spacial score (nSPS) is 18.1. The molecule has 1 unspecified atom stereocenters. The lowest BCUT2D eigenvalue weighted by Gasteiger charge is -2.07. The van der Waals surface area contributed by atoms with Crippen LogP contribution in [0.1, 0.15) is 62.9 Å². The molecule has 0 aliphatic heterocycles. The fourth-order valence-corrected chi connectivity index (χ4v) is 2.19. The first-order chi connectivity index (χ1) is 7.15. The molecule has 0 spiro atoms. The van der Waals surface area contributed by atoms with Crippen molar-refractivity contribution in [2.75, 3.05) is 5.73 Å². The van der Waals surface area contributed by atoms with E-state index in [0.29, 0.717) is 11.8 Å². The smallest absolute Gasteiger partial charge is 0.126 e. The highest BCUT2D eigenvalue weighted by molar-refractivity contribution is 5.41. The summed E-state index contributed by atoms with van der Waals surface area (Å²) in [5.74, 6) is 3.25. The van der Waals surface area contributed by atoms with Gasteiger partial charge in [-0.3, -0.25) is 0 Å².